The van der Waals surface area contributed by atoms with E-state index in [0.29, 0.717) is 31.3 Å². The number of pyridine rings is 1. The van der Waals surface area contributed by atoms with E-state index in [9.17, 15) is 14.4 Å². The van der Waals surface area contributed by atoms with E-state index < -0.39 is 5.91 Å². The van der Waals surface area contributed by atoms with Crippen molar-refractivity contribution < 1.29 is 23.6 Å². The fourth-order valence-electron chi connectivity index (χ4n) is 9.58. The minimum absolute atomic E-state index is 0.0545. The van der Waals surface area contributed by atoms with Gasteiger partial charge < -0.3 is 29.4 Å². The molecule has 3 saturated heterocycles. The number of ether oxygens (including phenoxy) is 1. The Morgan fingerprint density at radius 3 is 2.49 bits per heavy atom. The predicted molar refractivity (Wildman–Crippen MR) is 246 cm³/mol. The van der Waals surface area contributed by atoms with Gasteiger partial charge >= 0.3 is 17.8 Å². The molecule has 10 rings (SSSR count). The lowest BCUT2D eigenvalue weighted by molar-refractivity contribution is -0.120. The third-order valence-corrected chi connectivity index (χ3v) is 13.2. The van der Waals surface area contributed by atoms with Gasteiger partial charge in [0.05, 0.1) is 17.8 Å². The number of hydrogen-bond acceptors (Lipinski definition) is 13. The first-order valence-corrected chi connectivity index (χ1v) is 22.5. The Kier molecular flexibility index (Phi) is 11.0. The van der Waals surface area contributed by atoms with Gasteiger partial charge in [-0.25, -0.2) is 19.7 Å². The summed E-state index contributed by atoms with van der Waals surface area (Å²) in [5, 5.41) is 10.3. The summed E-state index contributed by atoms with van der Waals surface area (Å²) in [5.74, 6) is 2.09. The van der Waals surface area contributed by atoms with Gasteiger partial charge in [0.15, 0.2) is 17.4 Å². The third-order valence-electron chi connectivity index (χ3n) is 13.2. The number of aromatic nitrogens is 6. The Hall–Kier alpha value is -6.88. The number of nitrogens with zero attached hydrogens (tertiary/aromatic N) is 9. The minimum atomic E-state index is -0.416. The molecule has 17 heteroatoms. The number of urea groups is 1. The first-order valence-electron chi connectivity index (χ1n) is 22.5. The number of hydrogen-bond donors (Lipinski definition) is 3. The van der Waals surface area contributed by atoms with Crippen LogP contribution in [0, 0.1) is 12.8 Å². The molecule has 8 heterocycles. The van der Waals surface area contributed by atoms with Crippen LogP contribution in [0.25, 0.3) is 33.5 Å². The molecule has 0 saturated carbocycles. The third kappa shape index (κ3) is 8.47. The van der Waals surface area contributed by atoms with Gasteiger partial charge in [0.2, 0.25) is 5.91 Å². The number of carbonyl (C=O) groups excluding carboxylic acids is 3. The number of fused-ring (bicyclic) bond motifs is 4. The van der Waals surface area contributed by atoms with Crippen molar-refractivity contribution in [1.29, 1.82) is 0 Å². The van der Waals surface area contributed by atoms with Crippen LogP contribution in [0.15, 0.2) is 71.6 Å². The highest BCUT2D eigenvalue weighted by molar-refractivity contribution is 6.05. The average Bonchev–Trinajstić information content (AvgIpc) is 3.99. The number of rotatable bonds is 9. The number of benzene rings is 2. The van der Waals surface area contributed by atoms with E-state index >= 15 is 0 Å². The van der Waals surface area contributed by atoms with Crippen LogP contribution in [0.4, 0.5) is 22.0 Å². The summed E-state index contributed by atoms with van der Waals surface area (Å²) >= 11 is 0. The van der Waals surface area contributed by atoms with Crippen molar-refractivity contribution in [2.75, 3.05) is 67.1 Å². The van der Waals surface area contributed by atoms with Gasteiger partial charge in [0.25, 0.3) is 0 Å². The minimum Gasteiger partial charge on any atom is -0.487 e. The van der Waals surface area contributed by atoms with E-state index in [2.05, 4.69) is 75.8 Å². The zero-order valence-corrected chi connectivity index (χ0v) is 37.4. The molecular formula is C48H54N12O5. The van der Waals surface area contributed by atoms with E-state index in [0.717, 1.165) is 120 Å². The molecule has 0 aliphatic carbocycles. The van der Waals surface area contributed by atoms with E-state index in [4.69, 9.17) is 19.2 Å². The van der Waals surface area contributed by atoms with Gasteiger partial charge in [-0.15, -0.1) is 0 Å². The van der Waals surface area contributed by atoms with Gasteiger partial charge in [0, 0.05) is 97.4 Å². The van der Waals surface area contributed by atoms with Crippen molar-refractivity contribution >= 4 is 46.1 Å². The van der Waals surface area contributed by atoms with Crippen molar-refractivity contribution in [3.63, 3.8) is 0 Å². The van der Waals surface area contributed by atoms with Crippen LogP contribution in [-0.2, 0) is 10.2 Å². The van der Waals surface area contributed by atoms with Crippen LogP contribution in [0.1, 0.15) is 80.6 Å². The summed E-state index contributed by atoms with van der Waals surface area (Å²) in [6.45, 7) is 16.7. The largest absolute Gasteiger partial charge is 0.487 e. The zero-order valence-electron chi connectivity index (χ0n) is 37.4. The fourth-order valence-corrected chi connectivity index (χ4v) is 9.58. The molecular weight excluding hydrogens is 825 g/mol. The van der Waals surface area contributed by atoms with Crippen LogP contribution in [-0.4, -0.2) is 111 Å². The summed E-state index contributed by atoms with van der Waals surface area (Å²) < 4.78 is 11.7. The predicted octanol–water partition coefficient (Wildman–Crippen LogP) is 6.41. The summed E-state index contributed by atoms with van der Waals surface area (Å²) in [6, 6.07) is 18.0. The molecule has 2 atom stereocenters. The Labute approximate surface area is 377 Å². The van der Waals surface area contributed by atoms with E-state index in [-0.39, 0.29) is 35.3 Å². The number of piperidine rings is 1. The quantitative estimate of drug-likeness (QED) is 0.145. The highest BCUT2D eigenvalue weighted by atomic mass is 16.5. The van der Waals surface area contributed by atoms with Crippen molar-refractivity contribution in [3.05, 3.63) is 90.0 Å². The van der Waals surface area contributed by atoms with E-state index in [1.54, 1.807) is 11.2 Å². The number of nitrogens with one attached hydrogen (secondary N) is 3. The second kappa shape index (κ2) is 16.9. The van der Waals surface area contributed by atoms with Gasteiger partial charge in [-0.3, -0.25) is 24.7 Å². The van der Waals surface area contributed by atoms with Crippen molar-refractivity contribution in [2.45, 2.75) is 71.4 Å². The summed E-state index contributed by atoms with van der Waals surface area (Å²) in [7, 11) is 0. The molecule has 6 aromatic rings. The molecule has 0 spiro atoms. The molecule has 4 aliphatic rings. The van der Waals surface area contributed by atoms with Crippen LogP contribution in [0.5, 0.6) is 5.75 Å². The van der Waals surface area contributed by atoms with Crippen LogP contribution >= 0.6 is 0 Å². The standard InChI is InChI=1S/C48H54N12O5/c1-28-20-31(6-11-36(28)29(2)52-44(62)45-55-46(56-65-45)48(3,4)5)41-37-22-38(53-42(37)51-27-50-41)32-21-39-43(49-23-32)59-19-18-57(25-35(59)26-64-39)24-30-12-15-58(16-13-30)33-7-9-34(10-8-33)60-17-14-40(61)54-47(60)63/h6-11,20-23,27,29-30,35H,12-19,24-26H2,1-5H3,(H,52,62)(H,50,51,53)(H,54,61,63)/t29-,35?/m1/s1. The van der Waals surface area contributed by atoms with Crippen molar-refractivity contribution in [2.24, 2.45) is 5.92 Å². The lowest BCUT2D eigenvalue weighted by atomic mass is 9.95. The number of imide groups is 1. The maximum Gasteiger partial charge on any atom is 0.328 e. The molecule has 17 nitrogen and oxygen atoms in total. The van der Waals surface area contributed by atoms with E-state index in [1.807, 2.05) is 65.1 Å². The monoisotopic (exact) mass is 878 g/mol. The normalized spacial score (nSPS) is 18.8. The van der Waals surface area contributed by atoms with Gasteiger partial charge in [-0.2, -0.15) is 4.98 Å². The van der Waals surface area contributed by atoms with Crippen LogP contribution in [0.2, 0.25) is 0 Å². The molecule has 65 heavy (non-hydrogen) atoms. The average molecular weight is 879 g/mol. The zero-order chi connectivity index (χ0) is 45.0. The molecule has 3 fully saturated rings. The Balaban J connectivity index is 0.750. The molecule has 0 bridgehead atoms. The first kappa shape index (κ1) is 42.1. The lowest BCUT2D eigenvalue weighted by Crippen LogP contribution is -2.58. The molecule has 4 amide bonds. The summed E-state index contributed by atoms with van der Waals surface area (Å²) in [6.07, 6.45) is 6.06. The summed E-state index contributed by atoms with van der Waals surface area (Å²) in [4.78, 5) is 67.9. The number of aromatic amines is 1. The molecule has 2 aromatic carbocycles. The van der Waals surface area contributed by atoms with Crippen molar-refractivity contribution in [3.8, 4) is 28.3 Å². The van der Waals surface area contributed by atoms with Gasteiger partial charge in [-0.05, 0) is 86.2 Å². The first-order chi connectivity index (χ1) is 31.3. The van der Waals surface area contributed by atoms with Crippen LogP contribution in [0.3, 0.4) is 0 Å². The second-order valence-corrected chi connectivity index (χ2v) is 18.8. The molecule has 3 N–H and O–H groups in total. The highest BCUT2D eigenvalue weighted by Crippen LogP contribution is 2.38. The lowest BCUT2D eigenvalue weighted by Gasteiger charge is -2.46. The van der Waals surface area contributed by atoms with Crippen LogP contribution < -0.4 is 30.1 Å². The molecule has 4 aliphatic heterocycles. The maximum absolute atomic E-state index is 13.0. The van der Waals surface area contributed by atoms with Gasteiger partial charge in [0.1, 0.15) is 18.6 Å². The Morgan fingerprint density at radius 1 is 0.938 bits per heavy atom. The number of amides is 4. The molecule has 0 radical (unpaired) electrons. The second-order valence-electron chi connectivity index (χ2n) is 18.8. The number of H-pyrrole nitrogens is 1. The fraction of sp³-hybridized carbons (Fsp3) is 0.417. The summed E-state index contributed by atoms with van der Waals surface area (Å²) in [5.41, 5.74) is 7.85. The van der Waals surface area contributed by atoms with Crippen molar-refractivity contribution in [1.82, 2.24) is 45.6 Å². The number of anilines is 3. The number of aryl methyl sites for hydroxylation is 1. The van der Waals surface area contributed by atoms with Gasteiger partial charge in [-0.1, -0.05) is 38.1 Å². The molecule has 1 unspecified atom stereocenters. The number of piperazine rings is 1. The number of carbonyl (C=O) groups is 3. The molecule has 336 valence electrons. The molecule has 4 aromatic heterocycles. The smallest absolute Gasteiger partial charge is 0.328 e. The Morgan fingerprint density at radius 2 is 1.74 bits per heavy atom. The Bertz CT molecular complexity index is 2770. The topological polar surface area (TPSA) is 191 Å². The highest BCUT2D eigenvalue weighted by Gasteiger charge is 2.35. The maximum atomic E-state index is 13.0. The van der Waals surface area contributed by atoms with E-state index in [1.165, 1.54) is 0 Å². The SMILES string of the molecule is Cc1cc(-c2ncnc3[nH]c(-c4cnc5c(c4)OCC4CN(CC6CCN(c7ccc(N8CCC(=O)NC8=O)cc7)CC6)CCN54)cc23)ccc1[C@@H](C)NC(=O)c1nc(C(C)(C)C)no1.